The minimum Gasteiger partial charge on any atom is -0.352 e. The van der Waals surface area contributed by atoms with Crippen LogP contribution in [-0.4, -0.2) is 11.9 Å². The van der Waals surface area contributed by atoms with Gasteiger partial charge in [-0.3, -0.25) is 4.79 Å². The molecule has 0 bridgehead atoms. The van der Waals surface area contributed by atoms with Gasteiger partial charge in [0.05, 0.1) is 6.07 Å². The molecule has 2 unspecified atom stereocenters. The molecule has 1 aliphatic rings. The Morgan fingerprint density at radius 2 is 2.06 bits per heavy atom. The smallest absolute Gasteiger partial charge is 0.240 e. The van der Waals surface area contributed by atoms with Crippen molar-refractivity contribution in [3.63, 3.8) is 0 Å². The van der Waals surface area contributed by atoms with Crippen LogP contribution in [-0.2, 0) is 4.79 Å². The lowest BCUT2D eigenvalue weighted by molar-refractivity contribution is -0.128. The molecule has 3 heteroatoms. The van der Waals surface area contributed by atoms with Crippen LogP contribution in [0.4, 0.5) is 0 Å². The van der Waals surface area contributed by atoms with E-state index in [2.05, 4.69) is 18.3 Å². The maximum atomic E-state index is 12.0. The topological polar surface area (TPSA) is 52.9 Å². The van der Waals surface area contributed by atoms with Crippen molar-refractivity contribution >= 4 is 5.91 Å². The maximum Gasteiger partial charge on any atom is 0.240 e. The molecule has 1 saturated carbocycles. The Bertz CT molecular complexity index is 289. The zero-order chi connectivity index (χ0) is 12.2. The highest BCUT2D eigenvalue weighted by Gasteiger charge is 2.42. The number of hydrogen-bond acceptors (Lipinski definition) is 2. The molecular weight excluding hydrogens is 200 g/mol. The zero-order valence-electron chi connectivity index (χ0n) is 10.5. The Labute approximate surface area is 98.2 Å². The van der Waals surface area contributed by atoms with Gasteiger partial charge in [-0.25, -0.2) is 0 Å². The van der Waals surface area contributed by atoms with E-state index < -0.39 is 5.41 Å². The minimum absolute atomic E-state index is 0.0661. The first-order valence-corrected chi connectivity index (χ1v) is 6.35. The molecule has 0 aromatic rings. The summed E-state index contributed by atoms with van der Waals surface area (Å²) in [4.78, 5) is 12.0. The average Bonchev–Trinajstić information content (AvgIpc) is 3.00. The lowest BCUT2D eigenvalue weighted by atomic mass is 9.83. The number of amides is 1. The van der Waals surface area contributed by atoms with Crippen molar-refractivity contribution < 1.29 is 4.79 Å². The van der Waals surface area contributed by atoms with Crippen LogP contribution < -0.4 is 5.32 Å². The fraction of sp³-hybridized carbons (Fsp3) is 0.846. The predicted molar refractivity (Wildman–Crippen MR) is 63.6 cm³/mol. The number of nitrogens with one attached hydrogen (secondary N) is 1. The summed E-state index contributed by atoms with van der Waals surface area (Å²) >= 11 is 0. The third kappa shape index (κ3) is 2.55. The second-order valence-corrected chi connectivity index (χ2v) is 4.77. The summed E-state index contributed by atoms with van der Waals surface area (Å²) in [5.74, 6) is 0.586. The molecule has 3 nitrogen and oxygen atoms in total. The first kappa shape index (κ1) is 13.0. The van der Waals surface area contributed by atoms with Crippen molar-refractivity contribution in [2.24, 2.45) is 11.3 Å². The maximum absolute atomic E-state index is 12.0. The van der Waals surface area contributed by atoms with Crippen LogP contribution in [0.15, 0.2) is 0 Å². The van der Waals surface area contributed by atoms with Crippen LogP contribution in [0, 0.1) is 22.7 Å². The van der Waals surface area contributed by atoms with Crippen molar-refractivity contribution in [1.82, 2.24) is 5.32 Å². The zero-order valence-corrected chi connectivity index (χ0v) is 10.5. The summed E-state index contributed by atoms with van der Waals surface area (Å²) in [5, 5.41) is 12.2. The summed E-state index contributed by atoms with van der Waals surface area (Å²) < 4.78 is 0. The summed E-state index contributed by atoms with van der Waals surface area (Å²) in [5.41, 5.74) is -0.806. The third-order valence-electron chi connectivity index (χ3n) is 3.75. The van der Waals surface area contributed by atoms with Crippen LogP contribution in [0.25, 0.3) is 0 Å². The summed E-state index contributed by atoms with van der Waals surface area (Å²) in [7, 11) is 0. The van der Waals surface area contributed by atoms with Crippen molar-refractivity contribution in [2.75, 3.05) is 0 Å². The second kappa shape index (κ2) is 5.34. The Balaban J connectivity index is 2.49. The van der Waals surface area contributed by atoms with Crippen LogP contribution in [0.1, 0.15) is 52.9 Å². The van der Waals surface area contributed by atoms with Crippen LogP contribution >= 0.6 is 0 Å². The Kier molecular flexibility index (Phi) is 4.35. The van der Waals surface area contributed by atoms with E-state index in [-0.39, 0.29) is 5.91 Å². The van der Waals surface area contributed by atoms with E-state index in [0.29, 0.717) is 24.8 Å². The van der Waals surface area contributed by atoms with Crippen LogP contribution in [0.5, 0.6) is 0 Å². The van der Waals surface area contributed by atoms with Gasteiger partial charge in [0.1, 0.15) is 5.41 Å². The van der Waals surface area contributed by atoms with Gasteiger partial charge in [-0.2, -0.15) is 5.26 Å². The lowest BCUT2D eigenvalue weighted by Gasteiger charge is -2.22. The normalized spacial score (nSPS) is 23.6. The van der Waals surface area contributed by atoms with Gasteiger partial charge in [-0.1, -0.05) is 27.2 Å². The van der Waals surface area contributed by atoms with E-state index in [1.54, 1.807) is 0 Å². The van der Waals surface area contributed by atoms with Crippen molar-refractivity contribution in [3.05, 3.63) is 0 Å². The second-order valence-electron chi connectivity index (χ2n) is 4.77. The molecule has 0 aliphatic heterocycles. The van der Waals surface area contributed by atoms with E-state index in [1.165, 1.54) is 12.8 Å². The summed E-state index contributed by atoms with van der Waals surface area (Å²) in [6.07, 6.45) is 4.63. The van der Waals surface area contributed by atoms with Gasteiger partial charge in [0, 0.05) is 6.04 Å². The highest BCUT2D eigenvalue weighted by molar-refractivity contribution is 5.85. The van der Waals surface area contributed by atoms with Crippen molar-refractivity contribution in [1.29, 1.82) is 5.26 Å². The molecule has 1 fully saturated rings. The molecule has 0 aromatic heterocycles. The largest absolute Gasteiger partial charge is 0.352 e. The number of nitrogens with zero attached hydrogens (tertiary/aromatic N) is 1. The van der Waals surface area contributed by atoms with Gasteiger partial charge in [0.15, 0.2) is 0 Å². The number of rotatable bonds is 6. The van der Waals surface area contributed by atoms with Crippen LogP contribution in [0.2, 0.25) is 0 Å². The summed E-state index contributed by atoms with van der Waals surface area (Å²) in [6, 6.07) is 2.51. The standard InChI is InChI=1S/C13H22N2O/c1-4-7-10-8-11(10)15-12(16)13(5-2,6-3)9-14/h10-11H,4-8H2,1-3H3,(H,15,16). The van der Waals surface area contributed by atoms with E-state index in [1.807, 2.05) is 13.8 Å². The monoisotopic (exact) mass is 222 g/mol. The SMILES string of the molecule is CCCC1CC1NC(=O)C(C#N)(CC)CC. The molecule has 1 aliphatic carbocycles. The van der Waals surface area contributed by atoms with Gasteiger partial charge >= 0.3 is 0 Å². The molecule has 0 spiro atoms. The molecule has 0 aromatic carbocycles. The van der Waals surface area contributed by atoms with Gasteiger partial charge in [0.25, 0.3) is 0 Å². The molecule has 2 atom stereocenters. The van der Waals surface area contributed by atoms with E-state index in [4.69, 9.17) is 5.26 Å². The Morgan fingerprint density at radius 3 is 2.50 bits per heavy atom. The van der Waals surface area contributed by atoms with E-state index >= 15 is 0 Å². The molecule has 16 heavy (non-hydrogen) atoms. The third-order valence-corrected chi connectivity index (χ3v) is 3.75. The molecule has 0 saturated heterocycles. The number of carbonyl (C=O) groups is 1. The van der Waals surface area contributed by atoms with Crippen molar-refractivity contribution in [2.45, 2.75) is 58.9 Å². The molecule has 1 amide bonds. The number of carbonyl (C=O) groups excluding carboxylic acids is 1. The molecule has 0 radical (unpaired) electrons. The van der Waals surface area contributed by atoms with Gasteiger partial charge < -0.3 is 5.32 Å². The molecule has 1 rings (SSSR count). The molecular formula is C13H22N2O. The van der Waals surface area contributed by atoms with Gasteiger partial charge in [-0.05, 0) is 31.6 Å². The number of nitriles is 1. The lowest BCUT2D eigenvalue weighted by Crippen LogP contribution is -2.41. The van der Waals surface area contributed by atoms with Gasteiger partial charge in [-0.15, -0.1) is 0 Å². The first-order valence-electron chi connectivity index (χ1n) is 6.35. The Morgan fingerprint density at radius 1 is 1.44 bits per heavy atom. The fourth-order valence-corrected chi connectivity index (χ4v) is 2.20. The minimum atomic E-state index is -0.806. The predicted octanol–water partition coefficient (Wildman–Crippen LogP) is 2.62. The van der Waals surface area contributed by atoms with E-state index in [0.717, 1.165) is 6.42 Å². The highest BCUT2D eigenvalue weighted by Crippen LogP contribution is 2.36. The molecule has 0 heterocycles. The van der Waals surface area contributed by atoms with Crippen molar-refractivity contribution in [3.8, 4) is 6.07 Å². The first-order chi connectivity index (χ1) is 7.63. The Hall–Kier alpha value is -1.04. The molecule has 1 N–H and O–H groups in total. The van der Waals surface area contributed by atoms with Gasteiger partial charge in [0.2, 0.25) is 5.91 Å². The average molecular weight is 222 g/mol. The summed E-state index contributed by atoms with van der Waals surface area (Å²) in [6.45, 7) is 5.97. The fourth-order valence-electron chi connectivity index (χ4n) is 2.20. The van der Waals surface area contributed by atoms with E-state index in [9.17, 15) is 4.79 Å². The molecule has 90 valence electrons. The highest BCUT2D eigenvalue weighted by atomic mass is 16.2. The quantitative estimate of drug-likeness (QED) is 0.751. The van der Waals surface area contributed by atoms with Crippen LogP contribution in [0.3, 0.4) is 0 Å². The number of hydrogen-bond donors (Lipinski definition) is 1.